The Bertz CT molecular complexity index is 210. The molecule has 0 amide bonds. The maximum atomic E-state index is 11.6. The van der Waals surface area contributed by atoms with Crippen LogP contribution in [0.3, 0.4) is 0 Å². The second-order valence-electron chi connectivity index (χ2n) is 4.47. The molecular weight excluding hydrogens is 234 g/mol. The van der Waals surface area contributed by atoms with Crippen LogP contribution >= 0.6 is 11.8 Å². The molecule has 2 unspecified atom stereocenters. The summed E-state index contributed by atoms with van der Waals surface area (Å²) < 4.78 is 5.05. The molecule has 0 rings (SSSR count). The van der Waals surface area contributed by atoms with Gasteiger partial charge in [-0.1, -0.05) is 27.7 Å². The summed E-state index contributed by atoms with van der Waals surface area (Å²) in [6.07, 6.45) is 0.842. The summed E-state index contributed by atoms with van der Waals surface area (Å²) in [5.41, 5.74) is 0. The van der Waals surface area contributed by atoms with E-state index in [9.17, 15) is 4.79 Å². The smallest absolute Gasteiger partial charge is 0.323 e. The normalized spacial score (nSPS) is 14.7. The molecule has 0 radical (unpaired) electrons. The van der Waals surface area contributed by atoms with Crippen LogP contribution in [-0.4, -0.2) is 36.2 Å². The average Bonchev–Trinajstić information content (AvgIpc) is 2.27. The lowest BCUT2D eigenvalue weighted by Gasteiger charge is -2.18. The van der Waals surface area contributed by atoms with Crippen LogP contribution in [0.15, 0.2) is 0 Å². The Labute approximate surface area is 110 Å². The van der Waals surface area contributed by atoms with Gasteiger partial charge in [0.15, 0.2) is 0 Å². The number of hydrogen-bond donors (Lipinski definition) is 1. The molecule has 1 N–H and O–H groups in total. The molecule has 102 valence electrons. The molecule has 0 fully saturated rings. The number of hydrogen-bond acceptors (Lipinski definition) is 4. The van der Waals surface area contributed by atoms with E-state index in [1.54, 1.807) is 0 Å². The zero-order valence-electron chi connectivity index (χ0n) is 11.8. The first-order chi connectivity index (χ1) is 8.02. The molecular formula is C13H27NO2S. The molecule has 0 aliphatic carbocycles. The molecule has 0 spiro atoms. The van der Waals surface area contributed by atoms with E-state index in [-0.39, 0.29) is 12.0 Å². The number of rotatable bonds is 9. The number of carbonyl (C=O) groups is 1. The van der Waals surface area contributed by atoms with Crippen molar-refractivity contribution in [3.05, 3.63) is 0 Å². The highest BCUT2D eigenvalue weighted by atomic mass is 32.2. The minimum Gasteiger partial charge on any atom is -0.465 e. The van der Waals surface area contributed by atoms with Crippen molar-refractivity contribution in [1.29, 1.82) is 0 Å². The second-order valence-corrected chi connectivity index (χ2v) is 5.96. The van der Waals surface area contributed by atoms with Gasteiger partial charge in [0.05, 0.1) is 6.61 Å². The Morgan fingerprint density at radius 3 is 2.41 bits per heavy atom. The van der Waals surface area contributed by atoms with Gasteiger partial charge in [0.25, 0.3) is 0 Å². The molecule has 4 heteroatoms. The van der Waals surface area contributed by atoms with Crippen LogP contribution in [0, 0.1) is 5.92 Å². The first-order valence-corrected chi connectivity index (χ1v) is 7.59. The molecule has 0 saturated heterocycles. The third-order valence-electron chi connectivity index (χ3n) is 2.75. The molecule has 0 heterocycles. The first-order valence-electron chi connectivity index (χ1n) is 6.54. The predicted molar refractivity (Wildman–Crippen MR) is 75.5 cm³/mol. The first kappa shape index (κ1) is 16.8. The van der Waals surface area contributed by atoms with Gasteiger partial charge in [-0.05, 0) is 31.6 Å². The fraction of sp³-hybridized carbons (Fsp3) is 0.923. The third kappa shape index (κ3) is 7.66. The summed E-state index contributed by atoms with van der Waals surface area (Å²) in [4.78, 5) is 11.6. The van der Waals surface area contributed by atoms with Crippen molar-refractivity contribution in [2.24, 2.45) is 5.92 Å². The van der Waals surface area contributed by atoms with Gasteiger partial charge in [-0.15, -0.1) is 0 Å². The summed E-state index contributed by atoms with van der Waals surface area (Å²) in [5.74, 6) is 1.56. The largest absolute Gasteiger partial charge is 0.465 e. The van der Waals surface area contributed by atoms with Crippen LogP contribution in [0.5, 0.6) is 0 Å². The van der Waals surface area contributed by atoms with Gasteiger partial charge in [-0.25, -0.2) is 0 Å². The van der Waals surface area contributed by atoms with Gasteiger partial charge in [0.1, 0.15) is 6.04 Å². The Morgan fingerprint density at radius 2 is 1.94 bits per heavy atom. The van der Waals surface area contributed by atoms with Crippen LogP contribution in [0.4, 0.5) is 0 Å². The van der Waals surface area contributed by atoms with Gasteiger partial charge in [0, 0.05) is 5.25 Å². The van der Waals surface area contributed by atoms with E-state index in [1.165, 1.54) is 0 Å². The van der Waals surface area contributed by atoms with Gasteiger partial charge in [-0.3, -0.25) is 4.79 Å². The summed E-state index contributed by atoms with van der Waals surface area (Å²) in [6.45, 7) is 11.8. The fourth-order valence-electron chi connectivity index (χ4n) is 1.36. The summed E-state index contributed by atoms with van der Waals surface area (Å²) in [7, 11) is 0. The lowest BCUT2D eigenvalue weighted by molar-refractivity contribution is -0.145. The summed E-state index contributed by atoms with van der Waals surface area (Å²) in [5, 5.41) is 3.82. The number of ether oxygens (including phenoxy) is 1. The number of esters is 1. The Hall–Kier alpha value is -0.220. The Kier molecular flexibility index (Phi) is 9.65. The van der Waals surface area contributed by atoms with E-state index in [2.05, 4.69) is 26.1 Å². The molecule has 3 nitrogen and oxygen atoms in total. The molecule has 0 aromatic heterocycles. The van der Waals surface area contributed by atoms with Crippen LogP contribution in [0.1, 0.15) is 41.0 Å². The van der Waals surface area contributed by atoms with Gasteiger partial charge in [0.2, 0.25) is 0 Å². The van der Waals surface area contributed by atoms with E-state index in [0.717, 1.165) is 18.7 Å². The molecule has 0 bridgehead atoms. The van der Waals surface area contributed by atoms with E-state index < -0.39 is 0 Å². The standard InChI is InChI=1S/C13H27NO2S/c1-6-14-12(13(15)16-7-2)8-9-17-11(5)10(3)4/h10-12,14H,6-9H2,1-5H3. The Morgan fingerprint density at radius 1 is 1.29 bits per heavy atom. The van der Waals surface area contributed by atoms with Crippen molar-refractivity contribution >= 4 is 17.7 Å². The second kappa shape index (κ2) is 9.77. The van der Waals surface area contributed by atoms with Crippen molar-refractivity contribution < 1.29 is 9.53 Å². The summed E-state index contributed by atoms with van der Waals surface area (Å²) in [6, 6.07) is -0.146. The van der Waals surface area contributed by atoms with Crippen LogP contribution in [0.2, 0.25) is 0 Å². The quantitative estimate of drug-likeness (QED) is 0.648. The maximum Gasteiger partial charge on any atom is 0.323 e. The number of nitrogens with one attached hydrogen (secondary N) is 1. The molecule has 17 heavy (non-hydrogen) atoms. The van der Waals surface area contributed by atoms with E-state index >= 15 is 0 Å². The summed E-state index contributed by atoms with van der Waals surface area (Å²) >= 11 is 1.93. The van der Waals surface area contributed by atoms with Crippen molar-refractivity contribution in [3.8, 4) is 0 Å². The van der Waals surface area contributed by atoms with Crippen LogP contribution in [-0.2, 0) is 9.53 Å². The SMILES string of the molecule is CCNC(CCSC(C)C(C)C)C(=O)OCC. The van der Waals surface area contributed by atoms with E-state index in [1.807, 2.05) is 25.6 Å². The minimum absolute atomic E-state index is 0.118. The zero-order valence-corrected chi connectivity index (χ0v) is 12.6. The highest BCUT2D eigenvalue weighted by molar-refractivity contribution is 7.99. The van der Waals surface area contributed by atoms with Gasteiger partial charge in [-0.2, -0.15) is 11.8 Å². The van der Waals surface area contributed by atoms with Crippen LogP contribution < -0.4 is 5.32 Å². The van der Waals surface area contributed by atoms with E-state index in [0.29, 0.717) is 17.8 Å². The monoisotopic (exact) mass is 261 g/mol. The van der Waals surface area contributed by atoms with Gasteiger partial charge < -0.3 is 10.1 Å². The number of carbonyl (C=O) groups excluding carboxylic acids is 1. The average molecular weight is 261 g/mol. The van der Waals surface area contributed by atoms with Crippen molar-refractivity contribution in [2.75, 3.05) is 18.9 Å². The molecule has 0 saturated carbocycles. The molecule has 0 aliphatic heterocycles. The van der Waals surface area contributed by atoms with E-state index in [4.69, 9.17) is 4.74 Å². The van der Waals surface area contributed by atoms with Crippen molar-refractivity contribution in [2.45, 2.75) is 52.3 Å². The highest BCUT2D eigenvalue weighted by Crippen LogP contribution is 2.20. The molecule has 0 aromatic rings. The lowest BCUT2D eigenvalue weighted by atomic mass is 10.2. The molecule has 0 aromatic carbocycles. The predicted octanol–water partition coefficient (Wildman–Crippen LogP) is 2.70. The highest BCUT2D eigenvalue weighted by Gasteiger charge is 2.18. The van der Waals surface area contributed by atoms with Crippen LogP contribution in [0.25, 0.3) is 0 Å². The third-order valence-corrected chi connectivity index (χ3v) is 4.29. The van der Waals surface area contributed by atoms with Crippen molar-refractivity contribution in [1.82, 2.24) is 5.32 Å². The number of thioether (sulfide) groups is 1. The zero-order chi connectivity index (χ0) is 13.3. The fourth-order valence-corrected chi connectivity index (χ4v) is 2.49. The molecule has 0 aliphatic rings. The lowest BCUT2D eigenvalue weighted by Crippen LogP contribution is -2.38. The minimum atomic E-state index is -0.146. The number of likely N-dealkylation sites (N-methyl/N-ethyl adjacent to an activating group) is 1. The topological polar surface area (TPSA) is 38.3 Å². The molecule has 2 atom stereocenters. The maximum absolute atomic E-state index is 11.6. The van der Waals surface area contributed by atoms with Crippen molar-refractivity contribution in [3.63, 3.8) is 0 Å². The Balaban J connectivity index is 3.96. The van der Waals surface area contributed by atoms with Gasteiger partial charge >= 0.3 is 5.97 Å².